The Bertz CT molecular complexity index is 524. The van der Waals surface area contributed by atoms with Gasteiger partial charge in [0, 0.05) is 18.0 Å². The number of fused-ring (bicyclic) bond motifs is 3. The van der Waals surface area contributed by atoms with Crippen LogP contribution < -0.4 is 4.90 Å². The molecule has 5 heteroatoms. The van der Waals surface area contributed by atoms with Crippen LogP contribution in [0.5, 0.6) is 0 Å². The second-order valence-corrected chi connectivity index (χ2v) is 4.49. The summed E-state index contributed by atoms with van der Waals surface area (Å²) in [7, 11) is 0. The number of aliphatic carboxylic acids is 1. The SMILES string of the molecule is O=C(O)C1=Cc2cccnc2N2C=CSC12. The molecule has 1 atom stereocenters. The zero-order valence-corrected chi connectivity index (χ0v) is 9.02. The molecule has 1 aromatic rings. The number of pyridine rings is 1. The summed E-state index contributed by atoms with van der Waals surface area (Å²) in [5.41, 5.74) is 1.25. The molecule has 1 unspecified atom stereocenters. The van der Waals surface area contributed by atoms with Crippen LogP contribution in [0.15, 0.2) is 35.5 Å². The predicted octanol–water partition coefficient (Wildman–Crippen LogP) is 1.91. The molecule has 3 heterocycles. The number of carboxylic acids is 1. The Hall–Kier alpha value is -1.75. The highest BCUT2D eigenvalue weighted by molar-refractivity contribution is 8.03. The topological polar surface area (TPSA) is 53.4 Å². The van der Waals surface area contributed by atoms with E-state index in [1.54, 1.807) is 12.3 Å². The summed E-state index contributed by atoms with van der Waals surface area (Å²) in [4.78, 5) is 17.3. The van der Waals surface area contributed by atoms with Gasteiger partial charge in [-0.05, 0) is 23.6 Å². The third kappa shape index (κ3) is 1.25. The maximum absolute atomic E-state index is 11.2. The third-order valence-electron chi connectivity index (χ3n) is 2.57. The fourth-order valence-corrected chi connectivity index (χ4v) is 2.83. The summed E-state index contributed by atoms with van der Waals surface area (Å²) in [6.07, 6.45) is 5.29. The molecule has 2 aliphatic rings. The fourth-order valence-electron chi connectivity index (χ4n) is 1.87. The van der Waals surface area contributed by atoms with Gasteiger partial charge in [0.2, 0.25) is 0 Å². The summed E-state index contributed by atoms with van der Waals surface area (Å²) < 4.78 is 0. The summed E-state index contributed by atoms with van der Waals surface area (Å²) >= 11 is 1.48. The molecule has 3 rings (SSSR count). The van der Waals surface area contributed by atoms with E-state index in [9.17, 15) is 4.79 Å². The van der Waals surface area contributed by atoms with Crippen LogP contribution in [0.2, 0.25) is 0 Å². The van der Waals surface area contributed by atoms with Crippen LogP contribution >= 0.6 is 11.8 Å². The molecule has 1 aromatic heterocycles. The van der Waals surface area contributed by atoms with Crippen molar-refractivity contribution in [1.82, 2.24) is 4.98 Å². The van der Waals surface area contributed by atoms with Gasteiger partial charge in [0.05, 0.1) is 5.57 Å². The van der Waals surface area contributed by atoms with E-state index in [1.165, 1.54) is 11.8 Å². The summed E-state index contributed by atoms with van der Waals surface area (Å²) in [6.45, 7) is 0. The van der Waals surface area contributed by atoms with Crippen molar-refractivity contribution in [2.24, 2.45) is 0 Å². The van der Waals surface area contributed by atoms with Gasteiger partial charge in [-0.25, -0.2) is 9.78 Å². The summed E-state index contributed by atoms with van der Waals surface area (Å²) in [5, 5.41) is 10.9. The molecule has 4 nitrogen and oxygen atoms in total. The van der Waals surface area contributed by atoms with Gasteiger partial charge < -0.3 is 10.0 Å². The highest BCUT2D eigenvalue weighted by Gasteiger charge is 2.34. The molecule has 2 aliphatic heterocycles. The average Bonchev–Trinajstić information content (AvgIpc) is 2.76. The van der Waals surface area contributed by atoms with Crippen molar-refractivity contribution in [2.45, 2.75) is 5.37 Å². The molecule has 1 N–H and O–H groups in total. The standard InChI is InChI=1S/C11H8N2O2S/c14-11(15)8-6-7-2-1-3-12-9(7)13-4-5-16-10(8)13/h1-6,10H,(H,14,15). The molecule has 80 valence electrons. The minimum Gasteiger partial charge on any atom is -0.478 e. The molecule has 0 bridgehead atoms. The lowest BCUT2D eigenvalue weighted by atomic mass is 10.1. The maximum atomic E-state index is 11.2. The number of carboxylic acid groups (broad SMARTS) is 1. The van der Waals surface area contributed by atoms with Gasteiger partial charge in [-0.3, -0.25) is 0 Å². The van der Waals surface area contributed by atoms with Crippen molar-refractivity contribution in [1.29, 1.82) is 0 Å². The number of hydrogen-bond acceptors (Lipinski definition) is 4. The number of aromatic nitrogens is 1. The lowest BCUT2D eigenvalue weighted by molar-refractivity contribution is -0.132. The molecular weight excluding hydrogens is 224 g/mol. The third-order valence-corrected chi connectivity index (χ3v) is 3.58. The zero-order chi connectivity index (χ0) is 11.1. The predicted molar refractivity (Wildman–Crippen MR) is 62.8 cm³/mol. The normalized spacial score (nSPS) is 21.4. The highest BCUT2D eigenvalue weighted by Crippen LogP contribution is 2.40. The van der Waals surface area contributed by atoms with Crippen molar-refractivity contribution in [2.75, 3.05) is 4.90 Å². The Balaban J connectivity index is 2.19. The smallest absolute Gasteiger partial charge is 0.334 e. The van der Waals surface area contributed by atoms with Crippen LogP contribution in [-0.2, 0) is 4.79 Å². The van der Waals surface area contributed by atoms with Gasteiger partial charge in [0.1, 0.15) is 11.2 Å². The van der Waals surface area contributed by atoms with Crippen molar-refractivity contribution in [3.05, 3.63) is 41.1 Å². The van der Waals surface area contributed by atoms with E-state index in [1.807, 2.05) is 28.6 Å². The van der Waals surface area contributed by atoms with Gasteiger partial charge in [-0.2, -0.15) is 0 Å². The molecule has 0 saturated carbocycles. The molecule has 0 amide bonds. The Kier molecular flexibility index (Phi) is 2.00. The molecule has 0 aromatic carbocycles. The number of hydrogen-bond donors (Lipinski definition) is 1. The van der Waals surface area contributed by atoms with Gasteiger partial charge in [-0.1, -0.05) is 0 Å². The largest absolute Gasteiger partial charge is 0.478 e. The van der Waals surface area contributed by atoms with Crippen molar-refractivity contribution in [3.8, 4) is 0 Å². The average molecular weight is 232 g/mol. The van der Waals surface area contributed by atoms with Crippen LogP contribution in [0.4, 0.5) is 5.82 Å². The minimum absolute atomic E-state index is 0.181. The van der Waals surface area contributed by atoms with Crippen LogP contribution in [0.3, 0.4) is 0 Å². The van der Waals surface area contributed by atoms with E-state index < -0.39 is 5.97 Å². The number of carbonyl (C=O) groups is 1. The van der Waals surface area contributed by atoms with Crippen LogP contribution in [0.1, 0.15) is 5.56 Å². The Labute approximate surface area is 96.3 Å². The Morgan fingerprint density at radius 1 is 1.56 bits per heavy atom. The number of rotatable bonds is 1. The Morgan fingerprint density at radius 3 is 3.25 bits per heavy atom. The summed E-state index contributed by atoms with van der Waals surface area (Å²) in [5.74, 6) is -0.0561. The van der Waals surface area contributed by atoms with Gasteiger partial charge >= 0.3 is 5.97 Å². The van der Waals surface area contributed by atoms with Gasteiger partial charge in [0.15, 0.2) is 0 Å². The zero-order valence-electron chi connectivity index (χ0n) is 8.20. The molecule has 0 fully saturated rings. The first-order chi connectivity index (χ1) is 7.77. The first-order valence-corrected chi connectivity index (χ1v) is 5.72. The first-order valence-electron chi connectivity index (χ1n) is 4.78. The van der Waals surface area contributed by atoms with Gasteiger partial charge in [-0.15, -0.1) is 11.8 Å². The second kappa shape index (κ2) is 3.38. The molecule has 0 saturated heterocycles. The quantitative estimate of drug-likeness (QED) is 0.801. The number of thioether (sulfide) groups is 1. The van der Waals surface area contributed by atoms with E-state index in [-0.39, 0.29) is 5.37 Å². The van der Waals surface area contributed by atoms with Crippen molar-refractivity contribution < 1.29 is 9.90 Å². The second-order valence-electron chi connectivity index (χ2n) is 3.50. The van der Waals surface area contributed by atoms with E-state index >= 15 is 0 Å². The fraction of sp³-hybridized carbons (Fsp3) is 0.0909. The maximum Gasteiger partial charge on any atom is 0.334 e. The molecule has 0 aliphatic carbocycles. The molecule has 16 heavy (non-hydrogen) atoms. The Morgan fingerprint density at radius 2 is 2.44 bits per heavy atom. The molecule has 0 spiro atoms. The van der Waals surface area contributed by atoms with Crippen molar-refractivity contribution >= 4 is 29.6 Å². The van der Waals surface area contributed by atoms with E-state index in [0.29, 0.717) is 5.57 Å². The molecule has 0 radical (unpaired) electrons. The van der Waals surface area contributed by atoms with E-state index in [4.69, 9.17) is 5.11 Å². The van der Waals surface area contributed by atoms with Gasteiger partial charge in [0.25, 0.3) is 0 Å². The lowest BCUT2D eigenvalue weighted by Gasteiger charge is -2.29. The monoisotopic (exact) mass is 232 g/mol. The number of nitrogens with zero attached hydrogens (tertiary/aromatic N) is 2. The molecular formula is C11H8N2O2S. The minimum atomic E-state index is -0.874. The van der Waals surface area contributed by atoms with E-state index in [0.717, 1.165) is 11.4 Å². The first kappa shape index (κ1) is 9.47. The number of anilines is 1. The van der Waals surface area contributed by atoms with Crippen molar-refractivity contribution in [3.63, 3.8) is 0 Å². The van der Waals surface area contributed by atoms with E-state index in [2.05, 4.69) is 4.98 Å². The van der Waals surface area contributed by atoms with Crippen LogP contribution in [0.25, 0.3) is 6.08 Å². The summed E-state index contributed by atoms with van der Waals surface area (Å²) in [6, 6.07) is 3.68. The van der Waals surface area contributed by atoms with Crippen LogP contribution in [0, 0.1) is 0 Å². The lowest BCUT2D eigenvalue weighted by Crippen LogP contribution is -2.33. The highest BCUT2D eigenvalue weighted by atomic mass is 32.2. The van der Waals surface area contributed by atoms with Crippen LogP contribution in [-0.4, -0.2) is 21.4 Å².